The van der Waals surface area contributed by atoms with E-state index in [-0.39, 0.29) is 0 Å². The highest BCUT2D eigenvalue weighted by molar-refractivity contribution is 7.99. The molecule has 90 valence electrons. The molecule has 0 aromatic rings. The normalized spacial score (nSPS) is 25.4. The van der Waals surface area contributed by atoms with Gasteiger partial charge in [0.1, 0.15) is 0 Å². The molecule has 0 saturated carbocycles. The third-order valence-electron chi connectivity index (χ3n) is 3.20. The lowest BCUT2D eigenvalue weighted by Gasteiger charge is -2.33. The summed E-state index contributed by atoms with van der Waals surface area (Å²) in [6.07, 6.45) is 4.17. The molecule has 1 N–H and O–H groups in total. The van der Waals surface area contributed by atoms with Gasteiger partial charge >= 0.3 is 0 Å². The van der Waals surface area contributed by atoms with Crippen molar-refractivity contribution < 1.29 is 0 Å². The molecule has 0 aromatic heterocycles. The van der Waals surface area contributed by atoms with E-state index in [0.29, 0.717) is 6.04 Å². The average Bonchev–Trinajstić information content (AvgIpc) is 2.25. The molecule has 0 aliphatic carbocycles. The van der Waals surface area contributed by atoms with Gasteiger partial charge in [0.25, 0.3) is 0 Å². The zero-order valence-corrected chi connectivity index (χ0v) is 11.3. The predicted octanol–water partition coefficient (Wildman–Crippen LogP) is 2.20. The zero-order valence-electron chi connectivity index (χ0n) is 10.5. The number of likely N-dealkylation sites (tertiary alicyclic amines) is 1. The van der Waals surface area contributed by atoms with Crippen molar-refractivity contribution in [2.45, 2.75) is 45.2 Å². The lowest BCUT2D eigenvalue weighted by molar-refractivity contribution is 0.179. The molecule has 1 rings (SSSR count). The van der Waals surface area contributed by atoms with Gasteiger partial charge in [-0.2, -0.15) is 11.8 Å². The van der Waals surface area contributed by atoms with Crippen molar-refractivity contribution in [3.8, 4) is 0 Å². The summed E-state index contributed by atoms with van der Waals surface area (Å²) in [5, 5.41) is 3.66. The molecule has 0 aromatic carbocycles. The molecule has 1 saturated heterocycles. The number of nitrogens with one attached hydrogen (secondary N) is 1. The largest absolute Gasteiger partial charge is 0.312 e. The Hall–Kier alpha value is 0.270. The number of hydrogen-bond donors (Lipinski definition) is 1. The molecular weight excluding hydrogens is 204 g/mol. The van der Waals surface area contributed by atoms with Crippen LogP contribution in [-0.2, 0) is 0 Å². The van der Waals surface area contributed by atoms with Crippen molar-refractivity contribution in [3.05, 3.63) is 0 Å². The van der Waals surface area contributed by atoms with Gasteiger partial charge in [0.15, 0.2) is 0 Å². The van der Waals surface area contributed by atoms with Crippen LogP contribution < -0.4 is 5.32 Å². The highest BCUT2D eigenvalue weighted by Crippen LogP contribution is 2.14. The van der Waals surface area contributed by atoms with Gasteiger partial charge in [0.05, 0.1) is 0 Å². The first-order chi connectivity index (χ1) is 7.24. The van der Waals surface area contributed by atoms with E-state index in [1.807, 2.05) is 11.8 Å². The van der Waals surface area contributed by atoms with Crippen molar-refractivity contribution in [1.82, 2.24) is 10.2 Å². The Morgan fingerprint density at radius 3 is 2.93 bits per heavy atom. The molecule has 2 atom stereocenters. The van der Waals surface area contributed by atoms with Gasteiger partial charge in [-0.15, -0.1) is 0 Å². The Kier molecular flexibility index (Phi) is 6.69. The monoisotopic (exact) mass is 230 g/mol. The van der Waals surface area contributed by atoms with Crippen molar-refractivity contribution in [2.24, 2.45) is 0 Å². The van der Waals surface area contributed by atoms with E-state index < -0.39 is 0 Å². The lowest BCUT2D eigenvalue weighted by atomic mass is 10.0. The van der Waals surface area contributed by atoms with Gasteiger partial charge in [-0.05, 0) is 39.1 Å². The summed E-state index contributed by atoms with van der Waals surface area (Å²) in [6.45, 7) is 6.98. The Balaban J connectivity index is 2.11. The Labute approximate surface area is 99.2 Å². The quantitative estimate of drug-likeness (QED) is 0.753. The Morgan fingerprint density at radius 2 is 2.27 bits per heavy atom. The maximum Gasteiger partial charge on any atom is 0.0217 e. The van der Waals surface area contributed by atoms with Crippen LogP contribution >= 0.6 is 11.8 Å². The van der Waals surface area contributed by atoms with Gasteiger partial charge in [-0.25, -0.2) is 0 Å². The Bertz CT molecular complexity index is 164. The number of likely N-dealkylation sites (N-methyl/N-ethyl adjacent to an activating group) is 1. The molecular formula is C12H26N2S. The van der Waals surface area contributed by atoms with Crippen LogP contribution in [0.3, 0.4) is 0 Å². The molecule has 1 heterocycles. The summed E-state index contributed by atoms with van der Waals surface area (Å²) in [5.41, 5.74) is 0. The number of nitrogens with zero attached hydrogens (tertiary/aromatic N) is 1. The highest BCUT2D eigenvalue weighted by Gasteiger charge is 2.18. The maximum atomic E-state index is 3.66. The zero-order chi connectivity index (χ0) is 11.1. The number of hydrogen-bond acceptors (Lipinski definition) is 3. The third-order valence-corrected chi connectivity index (χ3v) is 4.34. The molecule has 15 heavy (non-hydrogen) atoms. The average molecular weight is 230 g/mol. The fourth-order valence-corrected chi connectivity index (χ4v) is 2.80. The molecule has 0 spiro atoms. The standard InChI is InChI=1S/C12H26N2S/c1-4-15-10-11(2)13-9-12-7-5-6-8-14(12)3/h11-13H,4-10H2,1-3H3. The van der Waals surface area contributed by atoms with E-state index in [1.54, 1.807) is 0 Å². The van der Waals surface area contributed by atoms with Crippen molar-refractivity contribution in [3.63, 3.8) is 0 Å². The summed E-state index contributed by atoms with van der Waals surface area (Å²) in [5.74, 6) is 2.47. The van der Waals surface area contributed by atoms with Crippen LogP contribution in [0, 0.1) is 0 Å². The van der Waals surface area contributed by atoms with E-state index in [1.165, 1.54) is 43.9 Å². The first-order valence-electron chi connectivity index (χ1n) is 6.25. The van der Waals surface area contributed by atoms with E-state index >= 15 is 0 Å². The van der Waals surface area contributed by atoms with Gasteiger partial charge < -0.3 is 10.2 Å². The fourth-order valence-electron chi connectivity index (χ4n) is 2.09. The van der Waals surface area contributed by atoms with Crippen LogP contribution in [0.1, 0.15) is 33.1 Å². The summed E-state index contributed by atoms with van der Waals surface area (Å²) >= 11 is 2.03. The minimum atomic E-state index is 0.658. The second kappa shape index (κ2) is 7.53. The Morgan fingerprint density at radius 1 is 1.47 bits per heavy atom. The molecule has 3 heteroatoms. The minimum absolute atomic E-state index is 0.658. The molecule has 1 aliphatic heterocycles. The van der Waals surface area contributed by atoms with Crippen LogP contribution in [-0.4, -0.2) is 48.6 Å². The molecule has 0 radical (unpaired) electrons. The molecule has 1 fully saturated rings. The first kappa shape index (κ1) is 13.3. The van der Waals surface area contributed by atoms with Gasteiger partial charge in [-0.1, -0.05) is 13.3 Å². The second-order valence-corrected chi connectivity index (χ2v) is 5.92. The summed E-state index contributed by atoms with van der Waals surface area (Å²) in [7, 11) is 2.26. The molecule has 2 unspecified atom stereocenters. The van der Waals surface area contributed by atoms with E-state index in [4.69, 9.17) is 0 Å². The lowest BCUT2D eigenvalue weighted by Crippen LogP contribution is -2.45. The smallest absolute Gasteiger partial charge is 0.0217 e. The molecule has 1 aliphatic rings. The fraction of sp³-hybridized carbons (Fsp3) is 1.00. The van der Waals surface area contributed by atoms with E-state index in [2.05, 4.69) is 31.1 Å². The predicted molar refractivity (Wildman–Crippen MR) is 70.7 cm³/mol. The van der Waals surface area contributed by atoms with Crippen LogP contribution in [0.5, 0.6) is 0 Å². The van der Waals surface area contributed by atoms with Crippen molar-refractivity contribution >= 4 is 11.8 Å². The maximum absolute atomic E-state index is 3.66. The topological polar surface area (TPSA) is 15.3 Å². The third kappa shape index (κ3) is 5.23. The van der Waals surface area contributed by atoms with Crippen LogP contribution in [0.25, 0.3) is 0 Å². The van der Waals surface area contributed by atoms with Crippen LogP contribution in [0.15, 0.2) is 0 Å². The van der Waals surface area contributed by atoms with Gasteiger partial charge in [-0.3, -0.25) is 0 Å². The van der Waals surface area contributed by atoms with Crippen molar-refractivity contribution in [1.29, 1.82) is 0 Å². The number of thioether (sulfide) groups is 1. The van der Waals surface area contributed by atoms with E-state index in [0.717, 1.165) is 6.04 Å². The second-order valence-electron chi connectivity index (χ2n) is 4.60. The number of piperidine rings is 1. The highest BCUT2D eigenvalue weighted by atomic mass is 32.2. The molecule has 0 amide bonds. The number of rotatable bonds is 6. The van der Waals surface area contributed by atoms with Crippen LogP contribution in [0.4, 0.5) is 0 Å². The summed E-state index contributed by atoms with van der Waals surface area (Å²) in [6, 6.07) is 1.43. The summed E-state index contributed by atoms with van der Waals surface area (Å²) < 4.78 is 0. The van der Waals surface area contributed by atoms with Gasteiger partial charge in [0.2, 0.25) is 0 Å². The summed E-state index contributed by atoms with van der Waals surface area (Å²) in [4.78, 5) is 2.51. The van der Waals surface area contributed by atoms with Crippen LogP contribution in [0.2, 0.25) is 0 Å². The van der Waals surface area contributed by atoms with Gasteiger partial charge in [0, 0.05) is 24.4 Å². The minimum Gasteiger partial charge on any atom is -0.312 e. The molecule has 0 bridgehead atoms. The SMILES string of the molecule is CCSCC(C)NCC1CCCCN1C. The molecule has 2 nitrogen and oxygen atoms in total. The van der Waals surface area contributed by atoms with E-state index in [9.17, 15) is 0 Å². The first-order valence-corrected chi connectivity index (χ1v) is 7.41. The van der Waals surface area contributed by atoms with Crippen molar-refractivity contribution in [2.75, 3.05) is 31.6 Å².